The van der Waals surface area contributed by atoms with E-state index in [1.165, 1.54) is 32.1 Å². The summed E-state index contributed by atoms with van der Waals surface area (Å²) in [6, 6.07) is 0. The summed E-state index contributed by atoms with van der Waals surface area (Å²) in [6.45, 7) is 6.64. The predicted molar refractivity (Wildman–Crippen MR) is 74.1 cm³/mol. The summed E-state index contributed by atoms with van der Waals surface area (Å²) in [5.41, 5.74) is 0.0771. The minimum Gasteiger partial charge on any atom is -0.339 e. The second kappa shape index (κ2) is 5.23. The van der Waals surface area contributed by atoms with Crippen LogP contribution in [0.25, 0.3) is 0 Å². The molecular formula is C15H25N3O. The van der Waals surface area contributed by atoms with E-state index in [1.807, 2.05) is 0 Å². The van der Waals surface area contributed by atoms with Crippen LogP contribution in [0.15, 0.2) is 4.52 Å². The van der Waals surface area contributed by atoms with Crippen LogP contribution in [-0.4, -0.2) is 23.2 Å². The van der Waals surface area contributed by atoms with Crippen molar-refractivity contribution in [2.75, 3.05) is 13.1 Å². The Hall–Kier alpha value is -0.900. The largest absolute Gasteiger partial charge is 0.339 e. The lowest BCUT2D eigenvalue weighted by atomic mass is 9.78. The molecule has 2 fully saturated rings. The van der Waals surface area contributed by atoms with Crippen LogP contribution in [-0.2, 0) is 5.41 Å². The Balaban J connectivity index is 1.79. The maximum absolute atomic E-state index is 5.64. The minimum atomic E-state index is 0.0771. The molecule has 3 unspecified atom stereocenters. The molecule has 4 nitrogen and oxygen atoms in total. The van der Waals surface area contributed by atoms with E-state index in [1.54, 1.807) is 0 Å². The molecule has 0 spiro atoms. The van der Waals surface area contributed by atoms with E-state index >= 15 is 0 Å². The van der Waals surface area contributed by atoms with E-state index in [2.05, 4.69) is 24.3 Å². The van der Waals surface area contributed by atoms with Crippen molar-refractivity contribution in [2.45, 2.75) is 63.7 Å². The maximum atomic E-state index is 5.64. The minimum absolute atomic E-state index is 0.0771. The summed E-state index contributed by atoms with van der Waals surface area (Å²) in [5, 5.41) is 7.77. The molecule has 106 valence electrons. The molecule has 2 heterocycles. The number of nitrogens with zero attached hydrogens (tertiary/aromatic N) is 2. The van der Waals surface area contributed by atoms with Gasteiger partial charge in [0.1, 0.15) is 0 Å². The molecule has 0 bridgehead atoms. The predicted octanol–water partition coefficient (Wildman–Crippen LogP) is 3.00. The lowest BCUT2D eigenvalue weighted by molar-refractivity contribution is 0.220. The second-order valence-corrected chi connectivity index (χ2v) is 6.49. The molecule has 4 heteroatoms. The van der Waals surface area contributed by atoms with Crippen molar-refractivity contribution in [3.8, 4) is 0 Å². The van der Waals surface area contributed by atoms with Gasteiger partial charge in [-0.05, 0) is 51.0 Å². The van der Waals surface area contributed by atoms with Crippen molar-refractivity contribution in [2.24, 2.45) is 5.92 Å². The average Bonchev–Trinajstić information content (AvgIpc) is 3.08. The van der Waals surface area contributed by atoms with Gasteiger partial charge in [-0.1, -0.05) is 19.0 Å². The molecule has 0 amide bonds. The normalized spacial score (nSPS) is 35.7. The first-order valence-corrected chi connectivity index (χ1v) is 7.78. The Morgan fingerprint density at radius 2 is 2.32 bits per heavy atom. The van der Waals surface area contributed by atoms with Gasteiger partial charge in [-0.2, -0.15) is 4.98 Å². The van der Waals surface area contributed by atoms with E-state index < -0.39 is 0 Å². The second-order valence-electron chi connectivity index (χ2n) is 6.49. The Bertz CT molecular complexity index is 423. The van der Waals surface area contributed by atoms with Gasteiger partial charge in [0.2, 0.25) is 5.89 Å². The Morgan fingerprint density at radius 3 is 2.95 bits per heavy atom. The summed E-state index contributed by atoms with van der Waals surface area (Å²) in [4.78, 5) is 4.78. The smallest absolute Gasteiger partial charge is 0.234 e. The molecule has 1 aromatic rings. The van der Waals surface area contributed by atoms with Crippen LogP contribution >= 0.6 is 0 Å². The molecule has 19 heavy (non-hydrogen) atoms. The molecular weight excluding hydrogens is 238 g/mol. The third-order valence-electron chi connectivity index (χ3n) is 5.10. The van der Waals surface area contributed by atoms with Gasteiger partial charge < -0.3 is 9.84 Å². The number of aromatic nitrogens is 2. The van der Waals surface area contributed by atoms with Gasteiger partial charge in [0.25, 0.3) is 0 Å². The highest BCUT2D eigenvalue weighted by Gasteiger charge is 2.38. The fourth-order valence-electron chi connectivity index (χ4n) is 3.66. The SMILES string of the molecule is CCC1(c2nc(C3CCC(C)C3)no2)CCCNC1. The molecule has 1 N–H and O–H groups in total. The van der Waals surface area contributed by atoms with E-state index in [9.17, 15) is 0 Å². The van der Waals surface area contributed by atoms with Crippen molar-refractivity contribution in [3.63, 3.8) is 0 Å². The van der Waals surface area contributed by atoms with Crippen LogP contribution in [0.2, 0.25) is 0 Å². The monoisotopic (exact) mass is 263 g/mol. The molecule has 1 saturated heterocycles. The van der Waals surface area contributed by atoms with E-state index in [-0.39, 0.29) is 5.41 Å². The maximum Gasteiger partial charge on any atom is 0.234 e. The number of piperidine rings is 1. The number of hydrogen-bond acceptors (Lipinski definition) is 4. The Labute approximate surface area is 115 Å². The van der Waals surface area contributed by atoms with Crippen LogP contribution in [0, 0.1) is 5.92 Å². The van der Waals surface area contributed by atoms with Crippen molar-refractivity contribution >= 4 is 0 Å². The van der Waals surface area contributed by atoms with Crippen molar-refractivity contribution in [1.29, 1.82) is 0 Å². The van der Waals surface area contributed by atoms with Gasteiger partial charge >= 0.3 is 0 Å². The van der Waals surface area contributed by atoms with Crippen LogP contribution in [0.1, 0.15) is 70.0 Å². The van der Waals surface area contributed by atoms with Gasteiger partial charge in [-0.25, -0.2) is 0 Å². The van der Waals surface area contributed by atoms with Crippen LogP contribution in [0.4, 0.5) is 0 Å². The third-order valence-corrected chi connectivity index (χ3v) is 5.10. The molecule has 3 atom stereocenters. The van der Waals surface area contributed by atoms with Gasteiger partial charge in [0, 0.05) is 12.5 Å². The first-order valence-electron chi connectivity index (χ1n) is 7.78. The van der Waals surface area contributed by atoms with Crippen LogP contribution in [0.3, 0.4) is 0 Å². The van der Waals surface area contributed by atoms with Gasteiger partial charge in [-0.15, -0.1) is 0 Å². The molecule has 1 saturated carbocycles. The zero-order valence-electron chi connectivity index (χ0n) is 12.1. The first kappa shape index (κ1) is 13.1. The van der Waals surface area contributed by atoms with Crippen LogP contribution in [0.5, 0.6) is 0 Å². The molecule has 3 rings (SSSR count). The molecule has 0 radical (unpaired) electrons. The third kappa shape index (κ3) is 2.42. The fraction of sp³-hybridized carbons (Fsp3) is 0.867. The lowest BCUT2D eigenvalue weighted by Crippen LogP contribution is -2.43. The number of nitrogens with one attached hydrogen (secondary N) is 1. The lowest BCUT2D eigenvalue weighted by Gasteiger charge is -2.33. The standard InChI is InChI=1S/C15H25N3O/c1-3-15(7-4-8-16-10-15)14-17-13(18-19-14)12-6-5-11(2)9-12/h11-12,16H,3-10H2,1-2H3. The number of rotatable bonds is 3. The molecule has 1 aliphatic carbocycles. The summed E-state index contributed by atoms with van der Waals surface area (Å²) in [5.74, 6) is 3.16. The van der Waals surface area contributed by atoms with Crippen molar-refractivity contribution in [1.82, 2.24) is 15.5 Å². The Morgan fingerprint density at radius 1 is 1.42 bits per heavy atom. The van der Waals surface area contributed by atoms with Gasteiger partial charge in [0.15, 0.2) is 5.82 Å². The van der Waals surface area contributed by atoms with Crippen molar-refractivity contribution in [3.05, 3.63) is 11.7 Å². The Kier molecular flexibility index (Phi) is 3.61. The quantitative estimate of drug-likeness (QED) is 0.910. The molecule has 0 aromatic carbocycles. The zero-order valence-corrected chi connectivity index (χ0v) is 12.1. The van der Waals surface area contributed by atoms with Crippen LogP contribution < -0.4 is 5.32 Å². The summed E-state index contributed by atoms with van der Waals surface area (Å²) < 4.78 is 5.64. The van der Waals surface area contributed by atoms with E-state index in [4.69, 9.17) is 9.51 Å². The summed E-state index contributed by atoms with van der Waals surface area (Å²) in [7, 11) is 0. The molecule has 1 aliphatic heterocycles. The average molecular weight is 263 g/mol. The van der Waals surface area contributed by atoms with Gasteiger partial charge in [0.05, 0.1) is 5.41 Å². The molecule has 2 aliphatic rings. The topological polar surface area (TPSA) is 51.0 Å². The summed E-state index contributed by atoms with van der Waals surface area (Å²) in [6.07, 6.45) is 7.18. The van der Waals surface area contributed by atoms with Crippen molar-refractivity contribution < 1.29 is 4.52 Å². The first-order chi connectivity index (χ1) is 9.23. The fourth-order valence-corrected chi connectivity index (χ4v) is 3.66. The zero-order chi connectivity index (χ0) is 13.3. The number of hydrogen-bond donors (Lipinski definition) is 1. The van der Waals surface area contributed by atoms with E-state index in [0.717, 1.165) is 37.1 Å². The summed E-state index contributed by atoms with van der Waals surface area (Å²) >= 11 is 0. The molecule has 1 aromatic heterocycles. The van der Waals surface area contributed by atoms with Gasteiger partial charge in [-0.3, -0.25) is 0 Å². The van der Waals surface area contributed by atoms with E-state index in [0.29, 0.717) is 5.92 Å². The highest BCUT2D eigenvalue weighted by atomic mass is 16.5. The highest BCUT2D eigenvalue weighted by molar-refractivity contribution is 5.10. The highest BCUT2D eigenvalue weighted by Crippen LogP contribution is 2.39.